The standard InChI is InChI=1S/C10H12O6.W/c11-4-9(14)5-16-10(15)6-1-7(12)3-8(13)2-6;/h1-3,9,11-14H,4-5H2;. The fourth-order valence-corrected chi connectivity index (χ4v) is 1.02. The van der Waals surface area contributed by atoms with E-state index in [0.29, 0.717) is 0 Å². The summed E-state index contributed by atoms with van der Waals surface area (Å²) in [6, 6.07) is 3.31. The van der Waals surface area contributed by atoms with E-state index < -0.39 is 18.7 Å². The number of carbonyl (C=O) groups is 1. The number of aliphatic hydroxyl groups excluding tert-OH is 2. The number of rotatable bonds is 4. The third-order valence-electron chi connectivity index (χ3n) is 1.76. The van der Waals surface area contributed by atoms with Crippen LogP contribution in [0.1, 0.15) is 10.4 Å². The van der Waals surface area contributed by atoms with Crippen molar-refractivity contribution in [2.45, 2.75) is 6.10 Å². The topological polar surface area (TPSA) is 107 Å². The molecule has 6 nitrogen and oxygen atoms in total. The van der Waals surface area contributed by atoms with Gasteiger partial charge in [-0.25, -0.2) is 4.79 Å². The van der Waals surface area contributed by atoms with Gasteiger partial charge in [-0.2, -0.15) is 0 Å². The van der Waals surface area contributed by atoms with Gasteiger partial charge in [-0.15, -0.1) is 0 Å². The smallest absolute Gasteiger partial charge is 0.338 e. The van der Waals surface area contributed by atoms with Crippen LogP contribution in [-0.4, -0.2) is 45.7 Å². The SMILES string of the molecule is O=C(OCC(O)CO)c1cc(O)cc(O)c1.[W]. The molecule has 0 saturated carbocycles. The molecule has 17 heavy (non-hydrogen) atoms. The van der Waals surface area contributed by atoms with E-state index in [0.717, 1.165) is 18.2 Å². The molecule has 0 spiro atoms. The molecule has 0 aliphatic rings. The first-order chi connectivity index (χ1) is 7.52. The Hall–Kier alpha value is -1.10. The molecule has 7 heteroatoms. The van der Waals surface area contributed by atoms with E-state index in [4.69, 9.17) is 20.4 Å². The Kier molecular flexibility index (Phi) is 6.80. The molecule has 94 valence electrons. The molecule has 1 atom stereocenters. The van der Waals surface area contributed by atoms with Crippen molar-refractivity contribution in [2.24, 2.45) is 0 Å². The van der Waals surface area contributed by atoms with Crippen LogP contribution >= 0.6 is 0 Å². The molecule has 0 aliphatic carbocycles. The van der Waals surface area contributed by atoms with Gasteiger partial charge in [-0.05, 0) is 12.1 Å². The molecule has 0 amide bonds. The minimum Gasteiger partial charge on any atom is -0.508 e. The maximum Gasteiger partial charge on any atom is 0.338 e. The number of carbonyl (C=O) groups excluding carboxylic acids is 1. The monoisotopic (exact) mass is 412 g/mol. The average Bonchev–Trinajstić information content (AvgIpc) is 2.23. The van der Waals surface area contributed by atoms with Gasteiger partial charge in [-0.1, -0.05) is 0 Å². The zero-order chi connectivity index (χ0) is 12.1. The number of phenolic OH excluding ortho intramolecular Hbond substituents is 2. The third kappa shape index (κ3) is 5.17. The Balaban J connectivity index is 0.00000256. The van der Waals surface area contributed by atoms with Gasteiger partial charge in [-0.3, -0.25) is 0 Å². The van der Waals surface area contributed by atoms with Gasteiger partial charge in [0.2, 0.25) is 0 Å². The van der Waals surface area contributed by atoms with E-state index in [1.54, 1.807) is 0 Å². The second-order valence-corrected chi connectivity index (χ2v) is 3.17. The molecule has 0 saturated heterocycles. The summed E-state index contributed by atoms with van der Waals surface area (Å²) in [5.41, 5.74) is -0.0392. The molecule has 1 aromatic rings. The zero-order valence-electron chi connectivity index (χ0n) is 8.74. The predicted octanol–water partition coefficient (Wildman–Crippen LogP) is -0.395. The van der Waals surface area contributed by atoms with Crippen LogP contribution in [0.5, 0.6) is 11.5 Å². The maximum atomic E-state index is 11.3. The second kappa shape index (κ2) is 7.27. The second-order valence-electron chi connectivity index (χ2n) is 3.17. The molecule has 0 fully saturated rings. The van der Waals surface area contributed by atoms with Crippen molar-refractivity contribution in [1.82, 2.24) is 0 Å². The largest absolute Gasteiger partial charge is 0.508 e. The van der Waals surface area contributed by atoms with Crippen molar-refractivity contribution in [1.29, 1.82) is 0 Å². The molecule has 0 bridgehead atoms. The Bertz CT molecular complexity index is 361. The fourth-order valence-electron chi connectivity index (χ4n) is 1.02. The van der Waals surface area contributed by atoms with Crippen LogP contribution in [-0.2, 0) is 25.8 Å². The number of benzene rings is 1. The van der Waals surface area contributed by atoms with Crippen LogP contribution in [0, 0.1) is 0 Å². The van der Waals surface area contributed by atoms with Crippen molar-refractivity contribution in [3.63, 3.8) is 0 Å². The van der Waals surface area contributed by atoms with Crippen molar-refractivity contribution < 1.29 is 51.0 Å². The van der Waals surface area contributed by atoms with Crippen molar-refractivity contribution in [3.05, 3.63) is 23.8 Å². The summed E-state index contributed by atoms with van der Waals surface area (Å²) in [5.74, 6) is -1.34. The van der Waals surface area contributed by atoms with Crippen molar-refractivity contribution in [3.8, 4) is 11.5 Å². The third-order valence-corrected chi connectivity index (χ3v) is 1.76. The number of aromatic hydroxyl groups is 2. The first kappa shape index (κ1) is 15.9. The number of ether oxygens (including phenoxy) is 1. The summed E-state index contributed by atoms with van der Waals surface area (Å²) < 4.78 is 4.62. The van der Waals surface area contributed by atoms with E-state index in [2.05, 4.69) is 4.74 Å². The van der Waals surface area contributed by atoms with Crippen LogP contribution in [0.25, 0.3) is 0 Å². The van der Waals surface area contributed by atoms with Crippen LogP contribution in [0.4, 0.5) is 0 Å². The number of esters is 1. The van der Waals surface area contributed by atoms with Gasteiger partial charge in [0, 0.05) is 27.1 Å². The van der Waals surface area contributed by atoms with Crippen molar-refractivity contribution in [2.75, 3.05) is 13.2 Å². The van der Waals surface area contributed by atoms with E-state index in [9.17, 15) is 4.79 Å². The van der Waals surface area contributed by atoms with Gasteiger partial charge >= 0.3 is 5.97 Å². The summed E-state index contributed by atoms with van der Waals surface area (Å²) in [4.78, 5) is 11.3. The molecular formula is C10H12O6W. The van der Waals surface area contributed by atoms with E-state index in [1.165, 1.54) is 0 Å². The van der Waals surface area contributed by atoms with Gasteiger partial charge in [0.05, 0.1) is 12.2 Å². The molecule has 0 aliphatic heterocycles. The van der Waals surface area contributed by atoms with Crippen LogP contribution in [0.15, 0.2) is 18.2 Å². The quantitative estimate of drug-likeness (QED) is 0.502. The summed E-state index contributed by atoms with van der Waals surface area (Å²) in [6.07, 6.45) is -1.14. The van der Waals surface area contributed by atoms with Gasteiger partial charge in [0.1, 0.15) is 24.2 Å². The van der Waals surface area contributed by atoms with E-state index in [-0.39, 0.29) is 44.7 Å². The minimum absolute atomic E-state index is 0. The Labute approximate surface area is 112 Å². The zero-order valence-corrected chi connectivity index (χ0v) is 11.7. The molecule has 1 rings (SSSR count). The molecule has 0 aromatic heterocycles. The molecule has 1 aromatic carbocycles. The Morgan fingerprint density at radius 1 is 1.24 bits per heavy atom. The first-order valence-electron chi connectivity index (χ1n) is 4.52. The first-order valence-corrected chi connectivity index (χ1v) is 4.52. The van der Waals surface area contributed by atoms with Crippen LogP contribution in [0.3, 0.4) is 0 Å². The van der Waals surface area contributed by atoms with Gasteiger partial charge in [0.25, 0.3) is 0 Å². The van der Waals surface area contributed by atoms with Crippen LogP contribution < -0.4 is 0 Å². The number of aliphatic hydroxyl groups is 2. The van der Waals surface area contributed by atoms with Gasteiger partial charge in [0.15, 0.2) is 0 Å². The molecule has 0 radical (unpaired) electrons. The maximum absolute atomic E-state index is 11.3. The summed E-state index contributed by atoms with van der Waals surface area (Å²) in [7, 11) is 0. The van der Waals surface area contributed by atoms with Gasteiger partial charge < -0.3 is 25.2 Å². The minimum atomic E-state index is -1.14. The van der Waals surface area contributed by atoms with Crippen LogP contribution in [0.2, 0.25) is 0 Å². The molecule has 4 N–H and O–H groups in total. The average molecular weight is 412 g/mol. The summed E-state index contributed by atoms with van der Waals surface area (Å²) >= 11 is 0. The Morgan fingerprint density at radius 3 is 2.24 bits per heavy atom. The molecular weight excluding hydrogens is 400 g/mol. The fraction of sp³-hybridized carbons (Fsp3) is 0.300. The number of phenols is 2. The molecule has 1 unspecified atom stereocenters. The van der Waals surface area contributed by atoms with E-state index >= 15 is 0 Å². The summed E-state index contributed by atoms with van der Waals surface area (Å²) in [6.45, 7) is -0.871. The summed E-state index contributed by atoms with van der Waals surface area (Å²) in [5, 5.41) is 35.6. The predicted molar refractivity (Wildman–Crippen MR) is 53.1 cm³/mol. The van der Waals surface area contributed by atoms with E-state index in [1.807, 2.05) is 0 Å². The van der Waals surface area contributed by atoms with Crippen molar-refractivity contribution >= 4 is 5.97 Å². The molecule has 0 heterocycles. The Morgan fingerprint density at radius 2 is 1.76 bits per heavy atom. The number of hydrogen-bond donors (Lipinski definition) is 4. The normalized spacial score (nSPS) is 11.4. The number of hydrogen-bond acceptors (Lipinski definition) is 6.